The van der Waals surface area contributed by atoms with Crippen molar-refractivity contribution in [3.63, 3.8) is 0 Å². The number of hydrogen-bond acceptors (Lipinski definition) is 1. The Morgan fingerprint density at radius 3 is 2.40 bits per heavy atom. The molecule has 2 aromatic rings. The lowest BCUT2D eigenvalue weighted by Crippen LogP contribution is -2.10. The summed E-state index contributed by atoms with van der Waals surface area (Å²) in [7, 11) is 0. The lowest BCUT2D eigenvalue weighted by molar-refractivity contribution is 0.634. The number of unbranched alkanes of at least 4 members (excludes halogenated alkanes) is 1. The Kier molecular flexibility index (Phi) is 5.75. The Labute approximate surface area is 130 Å². The van der Waals surface area contributed by atoms with Crippen LogP contribution in [0.5, 0.6) is 0 Å². The van der Waals surface area contributed by atoms with Crippen molar-refractivity contribution in [2.24, 2.45) is 0 Å². The van der Waals surface area contributed by atoms with Crippen LogP contribution in [0.1, 0.15) is 37.8 Å². The van der Waals surface area contributed by atoms with Crippen molar-refractivity contribution < 1.29 is 0 Å². The minimum atomic E-state index is 0.299. The highest BCUT2D eigenvalue weighted by Gasteiger charge is 2.11. The molecule has 2 rings (SSSR count). The molecule has 0 heterocycles. The highest BCUT2D eigenvalue weighted by Crippen LogP contribution is 2.29. The Morgan fingerprint density at radius 1 is 1.00 bits per heavy atom. The van der Waals surface area contributed by atoms with E-state index in [4.69, 9.17) is 23.2 Å². The summed E-state index contributed by atoms with van der Waals surface area (Å²) < 4.78 is 0. The van der Waals surface area contributed by atoms with E-state index in [-0.39, 0.29) is 0 Å². The van der Waals surface area contributed by atoms with Crippen LogP contribution in [0.2, 0.25) is 10.0 Å². The summed E-state index contributed by atoms with van der Waals surface area (Å²) in [4.78, 5) is 0. The molecule has 0 fully saturated rings. The van der Waals surface area contributed by atoms with Crippen molar-refractivity contribution in [1.29, 1.82) is 0 Å². The highest BCUT2D eigenvalue weighted by atomic mass is 35.5. The van der Waals surface area contributed by atoms with Gasteiger partial charge in [0.15, 0.2) is 0 Å². The second-order valence-corrected chi connectivity index (χ2v) is 5.69. The second-order valence-electron chi connectivity index (χ2n) is 4.88. The molecular weight excluding hydrogens is 289 g/mol. The van der Waals surface area contributed by atoms with E-state index in [0.717, 1.165) is 12.1 Å². The number of benzene rings is 2. The number of nitrogens with one attached hydrogen (secondary N) is 1. The van der Waals surface area contributed by atoms with Gasteiger partial charge in [0.25, 0.3) is 0 Å². The molecule has 0 saturated heterocycles. The number of hydrogen-bond donors (Lipinski definition) is 1. The zero-order valence-corrected chi connectivity index (χ0v) is 13.1. The van der Waals surface area contributed by atoms with Gasteiger partial charge in [-0.25, -0.2) is 0 Å². The van der Waals surface area contributed by atoms with Gasteiger partial charge in [-0.1, -0.05) is 73.3 Å². The van der Waals surface area contributed by atoms with Crippen LogP contribution in [0.25, 0.3) is 0 Å². The number of anilines is 1. The maximum Gasteiger partial charge on any atom is 0.0612 e. The second kappa shape index (κ2) is 7.56. The SMILES string of the molecule is CCCCC(Nc1ccc(Cl)c(Cl)c1)c1ccccc1. The molecule has 1 nitrogen and oxygen atoms in total. The van der Waals surface area contributed by atoms with Crippen molar-refractivity contribution in [1.82, 2.24) is 0 Å². The van der Waals surface area contributed by atoms with Crippen LogP contribution in [-0.4, -0.2) is 0 Å². The van der Waals surface area contributed by atoms with Crippen LogP contribution in [0.3, 0.4) is 0 Å². The summed E-state index contributed by atoms with van der Waals surface area (Å²) in [5, 5.41) is 4.72. The van der Waals surface area contributed by atoms with Crippen LogP contribution in [-0.2, 0) is 0 Å². The molecule has 0 aromatic heterocycles. The monoisotopic (exact) mass is 307 g/mol. The molecule has 1 atom stereocenters. The summed E-state index contributed by atoms with van der Waals surface area (Å²) in [6.07, 6.45) is 3.47. The molecule has 0 spiro atoms. The van der Waals surface area contributed by atoms with E-state index in [1.807, 2.05) is 24.3 Å². The van der Waals surface area contributed by atoms with E-state index < -0.39 is 0 Å². The molecule has 3 heteroatoms. The molecule has 0 saturated carbocycles. The van der Waals surface area contributed by atoms with Crippen molar-refractivity contribution in [2.45, 2.75) is 32.2 Å². The third kappa shape index (κ3) is 4.16. The van der Waals surface area contributed by atoms with Crippen LogP contribution in [0, 0.1) is 0 Å². The zero-order chi connectivity index (χ0) is 14.4. The van der Waals surface area contributed by atoms with Gasteiger partial charge in [0.05, 0.1) is 16.1 Å². The van der Waals surface area contributed by atoms with E-state index in [1.165, 1.54) is 18.4 Å². The summed E-state index contributed by atoms with van der Waals surface area (Å²) in [5.74, 6) is 0. The molecule has 20 heavy (non-hydrogen) atoms. The van der Waals surface area contributed by atoms with Crippen LogP contribution >= 0.6 is 23.2 Å². The fourth-order valence-corrected chi connectivity index (χ4v) is 2.50. The Bertz CT molecular complexity index is 540. The Morgan fingerprint density at radius 2 is 1.75 bits per heavy atom. The molecule has 106 valence electrons. The van der Waals surface area contributed by atoms with Crippen molar-refractivity contribution in [3.8, 4) is 0 Å². The van der Waals surface area contributed by atoms with Crippen LogP contribution in [0.4, 0.5) is 5.69 Å². The maximum absolute atomic E-state index is 6.08. The average Bonchev–Trinajstić information content (AvgIpc) is 2.48. The fraction of sp³-hybridized carbons (Fsp3) is 0.294. The summed E-state index contributed by atoms with van der Waals surface area (Å²) in [5.41, 5.74) is 2.30. The highest BCUT2D eigenvalue weighted by molar-refractivity contribution is 6.42. The average molecular weight is 308 g/mol. The Balaban J connectivity index is 2.17. The lowest BCUT2D eigenvalue weighted by atomic mass is 10.0. The van der Waals surface area contributed by atoms with E-state index >= 15 is 0 Å². The molecule has 1 N–H and O–H groups in total. The molecule has 0 radical (unpaired) electrons. The minimum absolute atomic E-state index is 0.299. The summed E-state index contributed by atoms with van der Waals surface area (Å²) >= 11 is 12.0. The fourth-order valence-electron chi connectivity index (χ4n) is 2.20. The van der Waals surface area contributed by atoms with Gasteiger partial charge >= 0.3 is 0 Å². The lowest BCUT2D eigenvalue weighted by Gasteiger charge is -2.20. The third-order valence-corrected chi connectivity index (χ3v) is 4.05. The van der Waals surface area contributed by atoms with Gasteiger partial charge in [0.2, 0.25) is 0 Å². The van der Waals surface area contributed by atoms with Crippen LogP contribution in [0.15, 0.2) is 48.5 Å². The quantitative estimate of drug-likeness (QED) is 0.657. The number of rotatable bonds is 6. The normalized spacial score (nSPS) is 12.2. The topological polar surface area (TPSA) is 12.0 Å². The van der Waals surface area contributed by atoms with Gasteiger partial charge in [-0.15, -0.1) is 0 Å². The van der Waals surface area contributed by atoms with Gasteiger partial charge in [-0.3, -0.25) is 0 Å². The molecule has 0 amide bonds. The van der Waals surface area contributed by atoms with Gasteiger partial charge in [-0.05, 0) is 30.2 Å². The molecule has 0 bridgehead atoms. The summed E-state index contributed by atoms with van der Waals surface area (Å²) in [6, 6.07) is 16.5. The van der Waals surface area contributed by atoms with Crippen molar-refractivity contribution >= 4 is 28.9 Å². The van der Waals surface area contributed by atoms with Crippen LogP contribution < -0.4 is 5.32 Å². The third-order valence-electron chi connectivity index (χ3n) is 3.31. The minimum Gasteiger partial charge on any atom is -0.378 e. The van der Waals surface area contributed by atoms with E-state index in [9.17, 15) is 0 Å². The van der Waals surface area contributed by atoms with Gasteiger partial charge in [0.1, 0.15) is 0 Å². The number of halogens is 2. The first-order chi connectivity index (χ1) is 9.70. The van der Waals surface area contributed by atoms with E-state index in [0.29, 0.717) is 16.1 Å². The van der Waals surface area contributed by atoms with Gasteiger partial charge in [0, 0.05) is 5.69 Å². The van der Waals surface area contributed by atoms with E-state index in [2.05, 4.69) is 36.5 Å². The Hall–Kier alpha value is -1.18. The predicted octanol–water partition coefficient (Wildman–Crippen LogP) is 6.34. The predicted molar refractivity (Wildman–Crippen MR) is 88.8 cm³/mol. The first kappa shape index (κ1) is 15.2. The molecule has 0 aliphatic rings. The molecular formula is C17H19Cl2N. The molecule has 0 aliphatic carbocycles. The molecule has 1 unspecified atom stereocenters. The van der Waals surface area contributed by atoms with E-state index in [1.54, 1.807) is 0 Å². The largest absolute Gasteiger partial charge is 0.378 e. The summed E-state index contributed by atoms with van der Waals surface area (Å²) in [6.45, 7) is 2.21. The molecule has 2 aromatic carbocycles. The van der Waals surface area contributed by atoms with Gasteiger partial charge < -0.3 is 5.32 Å². The smallest absolute Gasteiger partial charge is 0.0612 e. The first-order valence-corrected chi connectivity index (χ1v) is 7.73. The van der Waals surface area contributed by atoms with Gasteiger partial charge in [-0.2, -0.15) is 0 Å². The zero-order valence-electron chi connectivity index (χ0n) is 11.6. The maximum atomic E-state index is 6.08. The van der Waals surface area contributed by atoms with Crippen molar-refractivity contribution in [2.75, 3.05) is 5.32 Å². The molecule has 0 aliphatic heterocycles. The first-order valence-electron chi connectivity index (χ1n) is 6.97. The van der Waals surface area contributed by atoms with Crippen molar-refractivity contribution in [3.05, 3.63) is 64.1 Å². The standard InChI is InChI=1S/C17H19Cl2N/c1-2-3-9-17(13-7-5-4-6-8-13)20-14-10-11-15(18)16(19)12-14/h4-8,10-12,17,20H,2-3,9H2,1H3.